The SMILES string of the molecule is Cc1cc(C(=O)CSc2nc3ccccc3c(=O)n2-c2ccccc2F)c(C)n1CC1CCCO1. The Morgan fingerprint density at radius 2 is 1.94 bits per heavy atom. The highest BCUT2D eigenvalue weighted by molar-refractivity contribution is 7.99. The van der Waals surface area contributed by atoms with E-state index in [-0.39, 0.29) is 34.0 Å². The molecule has 0 spiro atoms. The van der Waals surface area contributed by atoms with Gasteiger partial charge in [-0.3, -0.25) is 14.2 Å². The molecule has 3 heterocycles. The third-order valence-corrected chi connectivity index (χ3v) is 7.39. The van der Waals surface area contributed by atoms with Crippen molar-refractivity contribution in [3.05, 3.63) is 87.7 Å². The molecule has 35 heavy (non-hydrogen) atoms. The van der Waals surface area contributed by atoms with E-state index in [4.69, 9.17) is 4.74 Å². The Balaban J connectivity index is 1.46. The average Bonchev–Trinajstić information content (AvgIpc) is 3.47. The number of carbonyl (C=O) groups excluding carboxylic acids is 1. The average molecular weight is 492 g/mol. The van der Waals surface area contributed by atoms with Crippen molar-refractivity contribution in [1.29, 1.82) is 0 Å². The molecular formula is C27H26FN3O3S. The number of halogens is 1. The smallest absolute Gasteiger partial charge is 0.266 e. The van der Waals surface area contributed by atoms with Crippen LogP contribution >= 0.6 is 11.8 Å². The number of hydrogen-bond acceptors (Lipinski definition) is 5. The van der Waals surface area contributed by atoms with E-state index in [0.717, 1.165) is 49.1 Å². The maximum Gasteiger partial charge on any atom is 0.266 e. The normalized spacial score (nSPS) is 15.7. The van der Waals surface area contributed by atoms with Gasteiger partial charge < -0.3 is 9.30 Å². The first-order chi connectivity index (χ1) is 16.9. The number of hydrogen-bond donors (Lipinski definition) is 0. The van der Waals surface area contributed by atoms with Gasteiger partial charge in [-0.1, -0.05) is 36.0 Å². The summed E-state index contributed by atoms with van der Waals surface area (Å²) >= 11 is 1.14. The summed E-state index contributed by atoms with van der Waals surface area (Å²) in [4.78, 5) is 31.2. The Morgan fingerprint density at radius 3 is 2.71 bits per heavy atom. The molecular weight excluding hydrogens is 465 g/mol. The Hall–Kier alpha value is -3.23. The number of ketones is 1. The van der Waals surface area contributed by atoms with Crippen molar-refractivity contribution in [3.63, 3.8) is 0 Å². The molecule has 180 valence electrons. The highest BCUT2D eigenvalue weighted by Gasteiger charge is 2.22. The van der Waals surface area contributed by atoms with Gasteiger partial charge in [0.15, 0.2) is 10.9 Å². The number of para-hydroxylation sites is 2. The number of nitrogens with zero attached hydrogens (tertiary/aromatic N) is 3. The monoisotopic (exact) mass is 491 g/mol. The van der Waals surface area contributed by atoms with E-state index in [0.29, 0.717) is 16.5 Å². The molecule has 1 aliphatic heterocycles. The number of fused-ring (bicyclic) bond motifs is 1. The third kappa shape index (κ3) is 4.56. The molecule has 1 aliphatic rings. The van der Waals surface area contributed by atoms with Crippen LogP contribution in [0, 0.1) is 19.7 Å². The summed E-state index contributed by atoms with van der Waals surface area (Å²) in [7, 11) is 0. The van der Waals surface area contributed by atoms with Crippen LogP contribution in [-0.2, 0) is 11.3 Å². The minimum Gasteiger partial charge on any atom is -0.376 e. The summed E-state index contributed by atoms with van der Waals surface area (Å²) in [5.41, 5.74) is 2.81. The summed E-state index contributed by atoms with van der Waals surface area (Å²) < 4.78 is 23.9. The second-order valence-electron chi connectivity index (χ2n) is 8.75. The van der Waals surface area contributed by atoms with Crippen LogP contribution in [0.15, 0.2) is 64.5 Å². The number of aromatic nitrogens is 3. The minimum atomic E-state index is -0.530. The minimum absolute atomic E-state index is 0.0656. The van der Waals surface area contributed by atoms with Gasteiger partial charge in [-0.05, 0) is 57.0 Å². The van der Waals surface area contributed by atoms with Crippen LogP contribution in [-0.4, -0.2) is 38.4 Å². The Kier molecular flexibility index (Phi) is 6.58. The topological polar surface area (TPSA) is 66.1 Å². The molecule has 8 heteroatoms. The number of rotatable bonds is 7. The van der Waals surface area contributed by atoms with Gasteiger partial charge in [-0.25, -0.2) is 9.37 Å². The molecule has 1 unspecified atom stereocenters. The Labute approximate surface area is 206 Å². The number of Topliss-reactive ketones (excluding diaryl/α,β-unsaturated/α-hetero) is 1. The molecule has 0 saturated carbocycles. The number of ether oxygens (including phenoxy) is 1. The predicted molar refractivity (Wildman–Crippen MR) is 135 cm³/mol. The summed E-state index contributed by atoms with van der Waals surface area (Å²) in [6.07, 6.45) is 2.26. The summed E-state index contributed by atoms with van der Waals surface area (Å²) in [6, 6.07) is 15.0. The molecule has 0 bridgehead atoms. The maximum absolute atomic E-state index is 14.7. The van der Waals surface area contributed by atoms with Crippen molar-refractivity contribution in [2.24, 2.45) is 0 Å². The Morgan fingerprint density at radius 1 is 1.17 bits per heavy atom. The number of thioether (sulfide) groups is 1. The Bertz CT molecular complexity index is 1470. The molecule has 0 aliphatic carbocycles. The lowest BCUT2D eigenvalue weighted by Gasteiger charge is -2.15. The zero-order chi connectivity index (χ0) is 24.5. The van der Waals surface area contributed by atoms with E-state index < -0.39 is 5.82 Å². The largest absolute Gasteiger partial charge is 0.376 e. The van der Waals surface area contributed by atoms with Crippen molar-refractivity contribution in [3.8, 4) is 5.69 Å². The fraction of sp³-hybridized carbons (Fsp3) is 0.296. The first-order valence-corrected chi connectivity index (χ1v) is 12.6. The zero-order valence-corrected chi connectivity index (χ0v) is 20.5. The molecule has 0 amide bonds. The molecule has 2 aromatic heterocycles. The highest BCUT2D eigenvalue weighted by atomic mass is 32.2. The molecule has 2 aromatic carbocycles. The highest BCUT2D eigenvalue weighted by Crippen LogP contribution is 2.26. The van der Waals surface area contributed by atoms with Crippen LogP contribution < -0.4 is 5.56 Å². The zero-order valence-electron chi connectivity index (χ0n) is 19.7. The van der Waals surface area contributed by atoms with Crippen molar-refractivity contribution in [2.45, 2.75) is 44.5 Å². The second kappa shape index (κ2) is 9.79. The van der Waals surface area contributed by atoms with E-state index in [9.17, 15) is 14.0 Å². The molecule has 1 fully saturated rings. The van der Waals surface area contributed by atoms with E-state index in [1.54, 1.807) is 36.4 Å². The molecule has 4 aromatic rings. The van der Waals surface area contributed by atoms with Gasteiger partial charge in [0.1, 0.15) is 5.82 Å². The van der Waals surface area contributed by atoms with Crippen LogP contribution in [0.25, 0.3) is 16.6 Å². The van der Waals surface area contributed by atoms with Crippen molar-refractivity contribution >= 4 is 28.4 Å². The first-order valence-electron chi connectivity index (χ1n) is 11.6. The van der Waals surface area contributed by atoms with E-state index in [1.165, 1.54) is 16.7 Å². The number of carbonyl (C=O) groups is 1. The number of aryl methyl sites for hydroxylation is 1. The van der Waals surface area contributed by atoms with Gasteiger partial charge in [-0.15, -0.1) is 0 Å². The molecule has 0 radical (unpaired) electrons. The lowest BCUT2D eigenvalue weighted by molar-refractivity contribution is 0.0957. The van der Waals surface area contributed by atoms with Gasteiger partial charge in [0.2, 0.25) is 0 Å². The summed E-state index contributed by atoms with van der Waals surface area (Å²) in [5, 5.41) is 0.671. The number of benzene rings is 2. The predicted octanol–water partition coefficient (Wildman–Crippen LogP) is 5.10. The molecule has 1 atom stereocenters. The van der Waals surface area contributed by atoms with Gasteiger partial charge in [0.25, 0.3) is 5.56 Å². The van der Waals surface area contributed by atoms with E-state index in [1.807, 2.05) is 19.9 Å². The first kappa shape index (κ1) is 23.5. The standard InChI is InChI=1S/C27H26FN3O3S/c1-17-14-21(18(2)30(17)15-19-8-7-13-34-19)25(32)16-35-27-29-23-11-5-3-9-20(23)26(33)31(27)24-12-6-4-10-22(24)28/h3-6,9-12,14,19H,7-8,13,15-16H2,1-2H3. The molecule has 0 N–H and O–H groups in total. The second-order valence-corrected chi connectivity index (χ2v) is 9.69. The van der Waals surface area contributed by atoms with Crippen molar-refractivity contribution < 1.29 is 13.9 Å². The van der Waals surface area contributed by atoms with Gasteiger partial charge in [0.05, 0.1) is 28.4 Å². The lowest BCUT2D eigenvalue weighted by atomic mass is 10.2. The van der Waals surface area contributed by atoms with Crippen LogP contribution in [0.5, 0.6) is 0 Å². The van der Waals surface area contributed by atoms with E-state index in [2.05, 4.69) is 9.55 Å². The van der Waals surface area contributed by atoms with E-state index >= 15 is 0 Å². The fourth-order valence-corrected chi connectivity index (χ4v) is 5.51. The molecule has 6 nitrogen and oxygen atoms in total. The maximum atomic E-state index is 14.7. The van der Waals surface area contributed by atoms with Gasteiger partial charge >= 0.3 is 0 Å². The van der Waals surface area contributed by atoms with Crippen LogP contribution in [0.4, 0.5) is 4.39 Å². The molecule has 1 saturated heterocycles. The van der Waals surface area contributed by atoms with Crippen molar-refractivity contribution in [2.75, 3.05) is 12.4 Å². The lowest BCUT2D eigenvalue weighted by Crippen LogP contribution is -2.23. The van der Waals surface area contributed by atoms with Gasteiger partial charge in [0, 0.05) is 30.1 Å². The quantitative estimate of drug-likeness (QED) is 0.205. The van der Waals surface area contributed by atoms with Gasteiger partial charge in [-0.2, -0.15) is 0 Å². The summed E-state index contributed by atoms with van der Waals surface area (Å²) in [6.45, 7) is 5.46. The molecule has 5 rings (SSSR count). The summed E-state index contributed by atoms with van der Waals surface area (Å²) in [5.74, 6) is -0.523. The van der Waals surface area contributed by atoms with Crippen LogP contribution in [0.3, 0.4) is 0 Å². The van der Waals surface area contributed by atoms with Crippen LogP contribution in [0.2, 0.25) is 0 Å². The fourth-order valence-electron chi connectivity index (χ4n) is 4.62. The third-order valence-electron chi connectivity index (χ3n) is 6.45. The van der Waals surface area contributed by atoms with Crippen LogP contribution in [0.1, 0.15) is 34.6 Å². The van der Waals surface area contributed by atoms with Crippen molar-refractivity contribution in [1.82, 2.24) is 14.1 Å².